The Bertz CT molecular complexity index is 812. The van der Waals surface area contributed by atoms with E-state index in [1.54, 1.807) is 0 Å². The van der Waals surface area contributed by atoms with Crippen LogP contribution in [0.4, 0.5) is 4.79 Å². The molecule has 0 aliphatic carbocycles. The number of carbonyl (C=O) groups is 1. The number of likely N-dealkylation sites (tertiary alicyclic amines) is 1. The van der Waals surface area contributed by atoms with Gasteiger partial charge >= 0.3 is 6.09 Å². The molecule has 4 heterocycles. The fourth-order valence-corrected chi connectivity index (χ4v) is 3.92. The van der Waals surface area contributed by atoms with Crippen molar-refractivity contribution in [3.05, 3.63) is 23.7 Å². The molecule has 2 fully saturated rings. The van der Waals surface area contributed by atoms with Crippen LogP contribution in [0.2, 0.25) is 0 Å². The summed E-state index contributed by atoms with van der Waals surface area (Å²) in [5.41, 5.74) is 2.59. The molecule has 7 nitrogen and oxygen atoms in total. The summed E-state index contributed by atoms with van der Waals surface area (Å²) in [5, 5.41) is 0. The van der Waals surface area contributed by atoms with Crippen molar-refractivity contribution in [1.82, 2.24) is 19.9 Å². The summed E-state index contributed by atoms with van der Waals surface area (Å²) in [5.74, 6) is 1.69. The van der Waals surface area contributed by atoms with Crippen LogP contribution in [0.3, 0.4) is 0 Å². The highest BCUT2D eigenvalue weighted by molar-refractivity contribution is 5.75. The third kappa shape index (κ3) is 3.93. The van der Waals surface area contributed by atoms with Gasteiger partial charge in [0.1, 0.15) is 16.9 Å². The molecule has 146 valence electrons. The quantitative estimate of drug-likeness (QED) is 0.871. The van der Waals surface area contributed by atoms with Gasteiger partial charge in [-0.15, -0.1) is 0 Å². The predicted octanol–water partition coefficient (Wildman–Crippen LogP) is 3.58. The minimum absolute atomic E-state index is 0.218. The second kappa shape index (κ2) is 7.11. The molecule has 7 heteroatoms. The predicted molar refractivity (Wildman–Crippen MR) is 102 cm³/mol. The number of hydrogen-bond donors (Lipinski definition) is 1. The van der Waals surface area contributed by atoms with Crippen LogP contribution in [0.1, 0.15) is 63.3 Å². The van der Waals surface area contributed by atoms with E-state index in [0.717, 1.165) is 49.5 Å². The minimum Gasteiger partial charge on any atom is -0.444 e. The molecule has 4 rings (SSSR count). The van der Waals surface area contributed by atoms with Crippen LogP contribution in [0.15, 0.2) is 12.3 Å². The Balaban J connectivity index is 1.48. The van der Waals surface area contributed by atoms with Crippen molar-refractivity contribution < 1.29 is 14.3 Å². The fourth-order valence-electron chi connectivity index (χ4n) is 3.92. The van der Waals surface area contributed by atoms with Gasteiger partial charge in [-0.3, -0.25) is 0 Å². The van der Waals surface area contributed by atoms with E-state index < -0.39 is 5.60 Å². The van der Waals surface area contributed by atoms with E-state index in [1.165, 1.54) is 5.56 Å². The van der Waals surface area contributed by atoms with Gasteiger partial charge in [0.05, 0.1) is 6.61 Å². The van der Waals surface area contributed by atoms with E-state index in [9.17, 15) is 4.79 Å². The topological polar surface area (TPSA) is 80.3 Å². The van der Waals surface area contributed by atoms with Gasteiger partial charge in [-0.05, 0) is 57.6 Å². The van der Waals surface area contributed by atoms with Crippen LogP contribution in [0, 0.1) is 0 Å². The molecular weight excluding hydrogens is 344 g/mol. The number of fused-ring (bicyclic) bond motifs is 1. The van der Waals surface area contributed by atoms with Gasteiger partial charge in [-0.1, -0.05) is 0 Å². The van der Waals surface area contributed by atoms with E-state index in [-0.39, 0.29) is 6.09 Å². The van der Waals surface area contributed by atoms with E-state index in [4.69, 9.17) is 14.5 Å². The second-order valence-electron chi connectivity index (χ2n) is 8.52. The first-order valence-electron chi connectivity index (χ1n) is 9.81. The maximum Gasteiger partial charge on any atom is 0.410 e. The molecule has 27 heavy (non-hydrogen) atoms. The SMILES string of the molecule is CC(C)(C)OC(=O)N1CCC(c2ccnc3[nH]c([C@H]4CCOC4)nc23)CC1. The Hall–Kier alpha value is -2.15. The lowest BCUT2D eigenvalue weighted by Crippen LogP contribution is -2.41. The number of carbonyl (C=O) groups excluding carboxylic acids is 1. The smallest absolute Gasteiger partial charge is 0.410 e. The van der Waals surface area contributed by atoms with Gasteiger partial charge < -0.3 is 19.4 Å². The Morgan fingerprint density at radius 2 is 2.04 bits per heavy atom. The third-order valence-electron chi connectivity index (χ3n) is 5.34. The van der Waals surface area contributed by atoms with E-state index in [1.807, 2.05) is 31.9 Å². The number of aromatic amines is 1. The van der Waals surface area contributed by atoms with Crippen molar-refractivity contribution in [2.24, 2.45) is 0 Å². The van der Waals surface area contributed by atoms with Crippen LogP contribution in [-0.2, 0) is 9.47 Å². The molecule has 0 radical (unpaired) electrons. The Morgan fingerprint density at radius 3 is 2.70 bits per heavy atom. The number of imidazole rings is 1. The molecule has 2 aromatic rings. The van der Waals surface area contributed by atoms with Crippen LogP contribution in [0.25, 0.3) is 11.2 Å². The van der Waals surface area contributed by atoms with Crippen LogP contribution in [0.5, 0.6) is 0 Å². The lowest BCUT2D eigenvalue weighted by Gasteiger charge is -2.33. The highest BCUT2D eigenvalue weighted by Gasteiger charge is 2.29. The largest absolute Gasteiger partial charge is 0.444 e. The van der Waals surface area contributed by atoms with Gasteiger partial charge in [0, 0.05) is 31.8 Å². The Labute approximate surface area is 159 Å². The lowest BCUT2D eigenvalue weighted by molar-refractivity contribution is 0.0205. The first-order chi connectivity index (χ1) is 12.9. The summed E-state index contributed by atoms with van der Waals surface area (Å²) in [6.07, 6.45) is 4.46. The molecule has 0 spiro atoms. The number of nitrogens with zero attached hydrogens (tertiary/aromatic N) is 3. The average Bonchev–Trinajstić information content (AvgIpc) is 3.29. The van der Waals surface area contributed by atoms with E-state index >= 15 is 0 Å². The van der Waals surface area contributed by atoms with Crippen molar-refractivity contribution in [2.45, 2.75) is 57.5 Å². The first kappa shape index (κ1) is 18.2. The molecule has 0 bridgehead atoms. The number of ether oxygens (including phenoxy) is 2. The Morgan fingerprint density at radius 1 is 1.26 bits per heavy atom. The highest BCUT2D eigenvalue weighted by Crippen LogP contribution is 2.33. The van der Waals surface area contributed by atoms with Crippen molar-refractivity contribution >= 4 is 17.3 Å². The Kier molecular flexibility index (Phi) is 4.80. The number of piperidine rings is 1. The van der Waals surface area contributed by atoms with Crippen LogP contribution in [-0.4, -0.2) is 57.8 Å². The first-order valence-corrected chi connectivity index (χ1v) is 9.81. The molecule has 2 aliphatic rings. The van der Waals surface area contributed by atoms with Crippen molar-refractivity contribution in [2.75, 3.05) is 26.3 Å². The number of hydrogen-bond acceptors (Lipinski definition) is 5. The van der Waals surface area contributed by atoms with Crippen molar-refractivity contribution in [3.8, 4) is 0 Å². The van der Waals surface area contributed by atoms with Crippen molar-refractivity contribution in [1.29, 1.82) is 0 Å². The molecular formula is C20H28N4O3. The van der Waals surface area contributed by atoms with Gasteiger partial charge in [-0.25, -0.2) is 14.8 Å². The minimum atomic E-state index is -0.458. The number of pyridine rings is 1. The third-order valence-corrected chi connectivity index (χ3v) is 5.34. The molecule has 2 saturated heterocycles. The van der Waals surface area contributed by atoms with Gasteiger partial charge in [0.2, 0.25) is 0 Å². The zero-order chi connectivity index (χ0) is 19.0. The zero-order valence-electron chi connectivity index (χ0n) is 16.3. The summed E-state index contributed by atoms with van der Waals surface area (Å²) in [6.45, 7) is 8.63. The molecule has 1 amide bonds. The highest BCUT2D eigenvalue weighted by atomic mass is 16.6. The summed E-state index contributed by atoms with van der Waals surface area (Å²) in [4.78, 5) is 26.8. The normalized spacial score (nSPS) is 21.7. The van der Waals surface area contributed by atoms with Gasteiger partial charge in [0.15, 0.2) is 5.65 Å². The number of rotatable bonds is 2. The van der Waals surface area contributed by atoms with Crippen molar-refractivity contribution in [3.63, 3.8) is 0 Å². The number of aromatic nitrogens is 3. The second-order valence-corrected chi connectivity index (χ2v) is 8.52. The summed E-state index contributed by atoms with van der Waals surface area (Å²) in [7, 11) is 0. The fraction of sp³-hybridized carbons (Fsp3) is 0.650. The van der Waals surface area contributed by atoms with E-state index in [2.05, 4.69) is 16.0 Å². The standard InChI is InChI=1S/C20H28N4O3/c1-20(2,3)27-19(25)24-9-5-13(6-10-24)15-4-8-21-18-16(15)22-17(23-18)14-7-11-26-12-14/h4,8,13-14H,5-7,9-12H2,1-3H3,(H,21,22,23)/t14-/m0/s1. The molecule has 2 aliphatic heterocycles. The number of amides is 1. The average molecular weight is 372 g/mol. The lowest BCUT2D eigenvalue weighted by atomic mass is 9.89. The molecule has 0 unspecified atom stereocenters. The maximum atomic E-state index is 12.3. The van der Waals surface area contributed by atoms with Crippen LogP contribution >= 0.6 is 0 Å². The summed E-state index contributed by atoms with van der Waals surface area (Å²) < 4.78 is 11.0. The van der Waals surface area contributed by atoms with Crippen LogP contribution < -0.4 is 0 Å². The molecule has 1 N–H and O–H groups in total. The number of H-pyrrole nitrogens is 1. The molecule has 1 atom stereocenters. The molecule has 0 aromatic carbocycles. The maximum absolute atomic E-state index is 12.3. The monoisotopic (exact) mass is 372 g/mol. The zero-order valence-corrected chi connectivity index (χ0v) is 16.3. The molecule has 2 aromatic heterocycles. The summed E-state index contributed by atoms with van der Waals surface area (Å²) >= 11 is 0. The molecule has 0 saturated carbocycles. The summed E-state index contributed by atoms with van der Waals surface area (Å²) in [6, 6.07) is 2.08. The van der Waals surface area contributed by atoms with E-state index in [0.29, 0.717) is 24.9 Å². The van der Waals surface area contributed by atoms with Gasteiger partial charge in [-0.2, -0.15) is 0 Å². The van der Waals surface area contributed by atoms with Gasteiger partial charge in [0.25, 0.3) is 0 Å². The number of nitrogens with one attached hydrogen (secondary N) is 1.